The van der Waals surface area contributed by atoms with E-state index in [9.17, 15) is 4.79 Å². The van der Waals surface area contributed by atoms with Crippen molar-refractivity contribution >= 4 is 5.97 Å². The van der Waals surface area contributed by atoms with Gasteiger partial charge in [-0.1, -0.05) is 0 Å². The van der Waals surface area contributed by atoms with Gasteiger partial charge >= 0.3 is 5.97 Å². The summed E-state index contributed by atoms with van der Waals surface area (Å²) in [7, 11) is 2.98. The van der Waals surface area contributed by atoms with Crippen molar-refractivity contribution in [3.8, 4) is 11.5 Å². The molecule has 0 atom stereocenters. The van der Waals surface area contributed by atoms with Crippen LogP contribution in [0.5, 0.6) is 11.5 Å². The highest BCUT2D eigenvalue weighted by molar-refractivity contribution is 5.92. The van der Waals surface area contributed by atoms with Crippen LogP contribution in [-0.2, 0) is 14.5 Å². The van der Waals surface area contributed by atoms with E-state index in [1.165, 1.54) is 26.9 Å². The summed E-state index contributed by atoms with van der Waals surface area (Å²) in [5, 5.41) is 0. The predicted molar refractivity (Wildman–Crippen MR) is 66.8 cm³/mol. The van der Waals surface area contributed by atoms with E-state index in [1.54, 1.807) is 12.1 Å². The normalized spacial score (nSPS) is 10.1. The molecule has 6 nitrogen and oxygen atoms in total. The van der Waals surface area contributed by atoms with Crippen LogP contribution < -0.4 is 9.47 Å². The van der Waals surface area contributed by atoms with E-state index in [-0.39, 0.29) is 12.2 Å². The van der Waals surface area contributed by atoms with Gasteiger partial charge < -0.3 is 14.2 Å². The average Bonchev–Trinajstić information content (AvgIpc) is 2.46. The number of rotatable bonds is 8. The second kappa shape index (κ2) is 8.34. The van der Waals surface area contributed by atoms with Crippen LogP contribution >= 0.6 is 0 Å². The van der Waals surface area contributed by atoms with Crippen molar-refractivity contribution in [3.05, 3.63) is 30.4 Å². The predicted octanol–water partition coefficient (Wildman–Crippen LogP) is 1.99. The molecule has 0 amide bonds. The second-order valence-electron chi connectivity index (χ2n) is 3.36. The summed E-state index contributed by atoms with van der Waals surface area (Å²) < 4.78 is 15.1. The van der Waals surface area contributed by atoms with Crippen LogP contribution in [0.15, 0.2) is 18.2 Å². The Hall–Kier alpha value is -1.79. The number of ether oxygens (including phenoxy) is 3. The van der Waals surface area contributed by atoms with E-state index in [2.05, 4.69) is 9.78 Å². The van der Waals surface area contributed by atoms with Crippen molar-refractivity contribution in [1.29, 1.82) is 0 Å². The van der Waals surface area contributed by atoms with Gasteiger partial charge in [-0.3, -0.25) is 4.89 Å². The first kappa shape index (κ1) is 15.3. The molecular formula is C13H17O6. The number of carbonyl (C=O) groups excluding carboxylic acids is 1. The molecule has 0 bridgehead atoms. The number of hydrogen-bond acceptors (Lipinski definition) is 6. The zero-order valence-electron chi connectivity index (χ0n) is 11.2. The van der Waals surface area contributed by atoms with Crippen LogP contribution in [0.2, 0.25) is 0 Å². The summed E-state index contributed by atoms with van der Waals surface area (Å²) >= 11 is 0. The number of methoxy groups -OCH3 is 2. The standard InChI is InChI=1S/C13H17O6/c1-4-17-7-8-18-19-13(14)11-6-5-10(15-2)9-12(11)16-3/h5-6,8-9H,4,7H2,1-3H3. The van der Waals surface area contributed by atoms with Crippen molar-refractivity contribution in [3.63, 3.8) is 0 Å². The van der Waals surface area contributed by atoms with E-state index in [0.717, 1.165) is 0 Å². The van der Waals surface area contributed by atoms with E-state index >= 15 is 0 Å². The lowest BCUT2D eigenvalue weighted by molar-refractivity contribution is -0.218. The molecule has 0 N–H and O–H groups in total. The van der Waals surface area contributed by atoms with E-state index in [4.69, 9.17) is 14.2 Å². The minimum Gasteiger partial charge on any atom is -0.497 e. The zero-order chi connectivity index (χ0) is 14.1. The lowest BCUT2D eigenvalue weighted by Crippen LogP contribution is -2.08. The molecule has 0 saturated carbocycles. The van der Waals surface area contributed by atoms with Gasteiger partial charge in [0.05, 0.1) is 20.8 Å². The third kappa shape index (κ3) is 4.76. The van der Waals surface area contributed by atoms with Crippen molar-refractivity contribution < 1.29 is 28.8 Å². The van der Waals surface area contributed by atoms with Crippen LogP contribution in [0.25, 0.3) is 0 Å². The Morgan fingerprint density at radius 1 is 1.26 bits per heavy atom. The van der Waals surface area contributed by atoms with Crippen LogP contribution in [0.3, 0.4) is 0 Å². The van der Waals surface area contributed by atoms with Crippen LogP contribution in [-0.4, -0.2) is 33.4 Å². The number of carbonyl (C=O) groups is 1. The van der Waals surface area contributed by atoms with Gasteiger partial charge in [-0.05, 0) is 19.1 Å². The maximum absolute atomic E-state index is 11.7. The van der Waals surface area contributed by atoms with Gasteiger partial charge in [-0.25, -0.2) is 4.79 Å². The average molecular weight is 269 g/mol. The lowest BCUT2D eigenvalue weighted by atomic mass is 10.2. The lowest BCUT2D eigenvalue weighted by Gasteiger charge is -2.09. The Bertz CT molecular complexity index is 404. The summed E-state index contributed by atoms with van der Waals surface area (Å²) in [5.74, 6) is 0.266. The monoisotopic (exact) mass is 269 g/mol. The minimum atomic E-state index is -0.660. The Morgan fingerprint density at radius 2 is 2.05 bits per heavy atom. The topological polar surface area (TPSA) is 63.2 Å². The molecule has 105 valence electrons. The van der Waals surface area contributed by atoms with Crippen molar-refractivity contribution in [2.75, 3.05) is 27.4 Å². The van der Waals surface area contributed by atoms with Gasteiger partial charge in [-0.2, -0.15) is 4.89 Å². The van der Waals surface area contributed by atoms with Crippen molar-refractivity contribution in [2.24, 2.45) is 0 Å². The number of benzene rings is 1. The Kier molecular flexibility index (Phi) is 6.70. The minimum absolute atomic E-state index is 0.240. The molecule has 0 spiro atoms. The summed E-state index contributed by atoms with van der Waals surface area (Å²) in [6.45, 7) is 3.89. The first-order valence-corrected chi connectivity index (χ1v) is 5.72. The van der Waals surface area contributed by atoms with Gasteiger partial charge in [0, 0.05) is 12.7 Å². The van der Waals surface area contributed by atoms with Gasteiger partial charge in [0.1, 0.15) is 17.1 Å². The van der Waals surface area contributed by atoms with E-state index in [0.29, 0.717) is 18.1 Å². The molecule has 6 heteroatoms. The van der Waals surface area contributed by atoms with Gasteiger partial charge in [0.15, 0.2) is 6.61 Å². The van der Waals surface area contributed by atoms with E-state index < -0.39 is 5.97 Å². The Balaban J connectivity index is 2.56. The SMILES string of the molecule is CCOC[CH]OOC(=O)c1ccc(OC)cc1OC. The highest BCUT2D eigenvalue weighted by Gasteiger charge is 2.15. The van der Waals surface area contributed by atoms with Crippen LogP contribution in [0.1, 0.15) is 17.3 Å². The molecule has 19 heavy (non-hydrogen) atoms. The highest BCUT2D eigenvalue weighted by Crippen LogP contribution is 2.25. The molecule has 1 aromatic rings. The third-order valence-corrected chi connectivity index (χ3v) is 2.21. The molecule has 1 rings (SSSR count). The molecule has 0 fully saturated rings. The van der Waals surface area contributed by atoms with Gasteiger partial charge in [0.25, 0.3) is 0 Å². The highest BCUT2D eigenvalue weighted by atomic mass is 17.2. The fourth-order valence-corrected chi connectivity index (χ4v) is 1.28. The molecule has 1 radical (unpaired) electrons. The quantitative estimate of drug-likeness (QED) is 0.408. The summed E-state index contributed by atoms with van der Waals surface area (Å²) in [6.07, 6.45) is 0. The van der Waals surface area contributed by atoms with Gasteiger partial charge in [0.2, 0.25) is 0 Å². The summed E-state index contributed by atoms with van der Waals surface area (Å²) in [4.78, 5) is 20.9. The largest absolute Gasteiger partial charge is 0.497 e. The Labute approximate surface area is 112 Å². The molecule has 0 heterocycles. The second-order valence-corrected chi connectivity index (χ2v) is 3.36. The van der Waals surface area contributed by atoms with Crippen molar-refractivity contribution in [1.82, 2.24) is 0 Å². The first-order chi connectivity index (χ1) is 9.22. The van der Waals surface area contributed by atoms with E-state index in [1.807, 2.05) is 6.92 Å². The molecule has 0 aliphatic rings. The molecular weight excluding hydrogens is 252 g/mol. The smallest absolute Gasteiger partial charge is 0.376 e. The number of hydrogen-bond donors (Lipinski definition) is 0. The van der Waals surface area contributed by atoms with Crippen LogP contribution in [0.4, 0.5) is 0 Å². The van der Waals surface area contributed by atoms with Gasteiger partial charge in [-0.15, -0.1) is 0 Å². The first-order valence-electron chi connectivity index (χ1n) is 5.72. The summed E-state index contributed by atoms with van der Waals surface area (Å²) in [5.41, 5.74) is 0.244. The molecule has 0 aliphatic heterocycles. The molecule has 0 saturated heterocycles. The molecule has 0 unspecified atom stereocenters. The fourth-order valence-electron chi connectivity index (χ4n) is 1.28. The maximum Gasteiger partial charge on any atom is 0.376 e. The van der Waals surface area contributed by atoms with Crippen molar-refractivity contribution in [2.45, 2.75) is 6.92 Å². The van der Waals surface area contributed by atoms with Crippen LogP contribution in [0, 0.1) is 6.61 Å². The summed E-state index contributed by atoms with van der Waals surface area (Å²) in [6, 6.07) is 4.75. The molecule has 1 aromatic carbocycles. The molecule has 0 aliphatic carbocycles. The fraction of sp³-hybridized carbons (Fsp3) is 0.385. The maximum atomic E-state index is 11.7. The Morgan fingerprint density at radius 3 is 2.68 bits per heavy atom. The third-order valence-electron chi connectivity index (χ3n) is 2.21. The zero-order valence-corrected chi connectivity index (χ0v) is 11.2. The molecule has 0 aromatic heterocycles.